The summed E-state index contributed by atoms with van der Waals surface area (Å²) in [5, 5.41) is 2.72. The van der Waals surface area contributed by atoms with Crippen LogP contribution in [0.25, 0.3) is 0 Å². The third-order valence-electron chi connectivity index (χ3n) is 4.33. The Kier molecular flexibility index (Phi) is 6.79. The number of amides is 1. The van der Waals surface area contributed by atoms with Crippen LogP contribution in [-0.2, 0) is 23.0 Å². The lowest BCUT2D eigenvalue weighted by Gasteiger charge is -2.12. The number of sulfone groups is 1. The van der Waals surface area contributed by atoms with Gasteiger partial charge in [-0.15, -0.1) is 0 Å². The Balaban J connectivity index is 1.64. The van der Waals surface area contributed by atoms with E-state index in [1.54, 1.807) is 6.07 Å². The fourth-order valence-electron chi connectivity index (χ4n) is 2.70. The van der Waals surface area contributed by atoms with Crippen LogP contribution in [-0.4, -0.2) is 20.1 Å². The second kappa shape index (κ2) is 9.49. The monoisotopic (exact) mass is 431 g/mol. The van der Waals surface area contributed by atoms with Gasteiger partial charge in [-0.25, -0.2) is 8.42 Å². The van der Waals surface area contributed by atoms with Gasteiger partial charge in [-0.2, -0.15) is 8.78 Å². The summed E-state index contributed by atoms with van der Waals surface area (Å²) in [6.45, 7) is 0.562. The van der Waals surface area contributed by atoms with E-state index >= 15 is 0 Å². The molecule has 3 aromatic carbocycles. The summed E-state index contributed by atoms with van der Waals surface area (Å²) >= 11 is 0. The third kappa shape index (κ3) is 5.21. The smallest absolute Gasteiger partial charge is 0.341 e. The highest BCUT2D eigenvalue weighted by molar-refractivity contribution is 7.91. The van der Waals surface area contributed by atoms with Crippen molar-refractivity contribution < 1.29 is 26.7 Å². The highest BCUT2D eigenvalue weighted by Crippen LogP contribution is 2.21. The summed E-state index contributed by atoms with van der Waals surface area (Å²) in [6.07, 6.45) is 0. The first kappa shape index (κ1) is 21.4. The molecule has 0 fully saturated rings. The molecule has 0 heterocycles. The standard InChI is InChI=1S/C22H19F2NO4S/c23-22(24)30(27,28)19-12-10-17(11-13-19)21(26)25-14-18-8-4-5-9-20(18)29-15-16-6-2-1-3-7-16/h1-13,22H,14-15H2,(H,25,26). The molecule has 0 aromatic heterocycles. The summed E-state index contributed by atoms with van der Waals surface area (Å²) in [4.78, 5) is 11.8. The molecule has 0 aliphatic heterocycles. The molecule has 30 heavy (non-hydrogen) atoms. The van der Waals surface area contributed by atoms with E-state index in [1.165, 1.54) is 12.1 Å². The first-order valence-corrected chi connectivity index (χ1v) is 10.6. The molecular formula is C22H19F2NO4S. The van der Waals surface area contributed by atoms with E-state index in [2.05, 4.69) is 5.32 Å². The summed E-state index contributed by atoms with van der Waals surface area (Å²) < 4.78 is 54.0. The molecule has 5 nitrogen and oxygen atoms in total. The lowest BCUT2D eigenvalue weighted by Crippen LogP contribution is -2.23. The molecule has 0 unspecified atom stereocenters. The molecule has 0 saturated carbocycles. The molecule has 8 heteroatoms. The Labute approximate surface area is 173 Å². The van der Waals surface area contributed by atoms with Gasteiger partial charge in [0.1, 0.15) is 12.4 Å². The third-order valence-corrected chi connectivity index (χ3v) is 5.73. The largest absolute Gasteiger partial charge is 0.489 e. The maximum Gasteiger partial charge on any atom is 0.341 e. The van der Waals surface area contributed by atoms with E-state index in [-0.39, 0.29) is 12.1 Å². The van der Waals surface area contributed by atoms with Gasteiger partial charge in [-0.05, 0) is 35.9 Å². The van der Waals surface area contributed by atoms with Crippen molar-refractivity contribution in [3.8, 4) is 5.75 Å². The van der Waals surface area contributed by atoms with Gasteiger partial charge in [0.2, 0.25) is 9.84 Å². The van der Waals surface area contributed by atoms with Crippen LogP contribution in [0.1, 0.15) is 21.5 Å². The fourth-order valence-corrected chi connectivity index (χ4v) is 3.42. The molecule has 0 aliphatic rings. The Morgan fingerprint density at radius 1 is 0.900 bits per heavy atom. The van der Waals surface area contributed by atoms with Crippen molar-refractivity contribution in [3.63, 3.8) is 0 Å². The lowest BCUT2D eigenvalue weighted by molar-refractivity contribution is 0.0950. The van der Waals surface area contributed by atoms with Crippen molar-refractivity contribution >= 4 is 15.7 Å². The van der Waals surface area contributed by atoms with Crippen LogP contribution < -0.4 is 10.1 Å². The molecule has 0 bridgehead atoms. The predicted molar refractivity (Wildman–Crippen MR) is 108 cm³/mol. The molecule has 1 N–H and O–H groups in total. The Morgan fingerprint density at radius 2 is 1.53 bits per heavy atom. The lowest BCUT2D eigenvalue weighted by atomic mass is 10.1. The highest BCUT2D eigenvalue weighted by atomic mass is 32.2. The molecule has 3 rings (SSSR count). The van der Waals surface area contributed by atoms with Crippen LogP contribution in [0.3, 0.4) is 0 Å². The molecule has 156 valence electrons. The van der Waals surface area contributed by atoms with E-state index < -0.39 is 26.4 Å². The average molecular weight is 431 g/mol. The van der Waals surface area contributed by atoms with Gasteiger partial charge >= 0.3 is 5.76 Å². The number of ether oxygens (including phenoxy) is 1. The van der Waals surface area contributed by atoms with Gasteiger partial charge in [-0.1, -0.05) is 48.5 Å². The van der Waals surface area contributed by atoms with E-state index in [0.29, 0.717) is 12.4 Å². The van der Waals surface area contributed by atoms with Gasteiger partial charge in [0.25, 0.3) is 5.91 Å². The fraction of sp³-hybridized carbons (Fsp3) is 0.136. The average Bonchev–Trinajstić information content (AvgIpc) is 2.77. The van der Waals surface area contributed by atoms with E-state index in [0.717, 1.165) is 23.3 Å². The molecule has 3 aromatic rings. The Hall–Kier alpha value is -3.26. The van der Waals surface area contributed by atoms with Gasteiger partial charge in [0, 0.05) is 17.7 Å². The highest BCUT2D eigenvalue weighted by Gasteiger charge is 2.26. The van der Waals surface area contributed by atoms with Crippen molar-refractivity contribution in [2.75, 3.05) is 0 Å². The molecule has 1 amide bonds. The van der Waals surface area contributed by atoms with Crippen molar-refractivity contribution in [1.29, 1.82) is 0 Å². The van der Waals surface area contributed by atoms with Gasteiger partial charge in [-0.3, -0.25) is 4.79 Å². The summed E-state index contributed by atoms with van der Waals surface area (Å²) in [7, 11) is -4.69. The van der Waals surface area contributed by atoms with Gasteiger partial charge < -0.3 is 10.1 Å². The summed E-state index contributed by atoms with van der Waals surface area (Å²) in [6, 6.07) is 21.3. The number of alkyl halides is 2. The Morgan fingerprint density at radius 3 is 2.20 bits per heavy atom. The zero-order chi connectivity index (χ0) is 21.6. The number of carbonyl (C=O) groups is 1. The SMILES string of the molecule is O=C(NCc1ccccc1OCc1ccccc1)c1ccc(S(=O)(=O)C(F)F)cc1. The van der Waals surface area contributed by atoms with Crippen LogP contribution >= 0.6 is 0 Å². The predicted octanol–water partition coefficient (Wildman–Crippen LogP) is 4.19. The summed E-state index contributed by atoms with van der Waals surface area (Å²) in [5.74, 6) is -3.35. The van der Waals surface area contributed by atoms with Crippen LogP contribution in [0.4, 0.5) is 8.78 Å². The minimum Gasteiger partial charge on any atom is -0.489 e. The molecule has 0 atom stereocenters. The van der Waals surface area contributed by atoms with Gasteiger partial charge in [0.05, 0.1) is 4.90 Å². The minimum absolute atomic E-state index is 0.158. The van der Waals surface area contributed by atoms with Crippen molar-refractivity contribution in [2.45, 2.75) is 23.8 Å². The number of hydrogen-bond acceptors (Lipinski definition) is 4. The van der Waals surface area contributed by atoms with Crippen LogP contribution in [0, 0.1) is 0 Å². The first-order valence-electron chi connectivity index (χ1n) is 9.03. The Bertz CT molecular complexity index is 1100. The number of rotatable bonds is 8. The maximum atomic E-state index is 12.6. The topological polar surface area (TPSA) is 72.5 Å². The summed E-state index contributed by atoms with van der Waals surface area (Å²) in [5.41, 5.74) is 1.93. The zero-order valence-electron chi connectivity index (χ0n) is 15.8. The van der Waals surface area contributed by atoms with Crippen LogP contribution in [0.5, 0.6) is 5.75 Å². The second-order valence-corrected chi connectivity index (χ2v) is 8.31. The maximum absolute atomic E-state index is 12.6. The van der Waals surface area contributed by atoms with Gasteiger partial charge in [0.15, 0.2) is 0 Å². The zero-order valence-corrected chi connectivity index (χ0v) is 16.6. The number of nitrogens with one attached hydrogen (secondary N) is 1. The number of benzene rings is 3. The second-order valence-electron chi connectivity index (χ2n) is 6.39. The quantitative estimate of drug-likeness (QED) is 0.581. The van der Waals surface area contributed by atoms with Crippen molar-refractivity contribution in [1.82, 2.24) is 5.32 Å². The minimum atomic E-state index is -4.69. The molecule has 0 saturated heterocycles. The first-order chi connectivity index (χ1) is 14.4. The number of hydrogen-bond donors (Lipinski definition) is 1. The molecule has 0 spiro atoms. The van der Waals surface area contributed by atoms with E-state index in [1.807, 2.05) is 48.5 Å². The van der Waals surface area contributed by atoms with E-state index in [4.69, 9.17) is 4.74 Å². The molecule has 0 radical (unpaired) electrons. The number of carbonyl (C=O) groups excluding carboxylic acids is 1. The normalized spacial score (nSPS) is 11.3. The van der Waals surface area contributed by atoms with Crippen molar-refractivity contribution in [3.05, 3.63) is 95.6 Å². The molecular weight excluding hydrogens is 412 g/mol. The van der Waals surface area contributed by atoms with Crippen molar-refractivity contribution in [2.24, 2.45) is 0 Å². The number of halogens is 2. The molecule has 0 aliphatic carbocycles. The number of para-hydroxylation sites is 1. The van der Waals surface area contributed by atoms with Crippen LogP contribution in [0.2, 0.25) is 0 Å². The van der Waals surface area contributed by atoms with E-state index in [9.17, 15) is 22.0 Å². The van der Waals surface area contributed by atoms with Crippen LogP contribution in [0.15, 0.2) is 83.8 Å².